The normalized spacial score (nSPS) is 16.6. The molecule has 3 aromatic rings. The second kappa shape index (κ2) is 7.54. The minimum absolute atomic E-state index is 0.206. The number of rotatable bonds is 3. The van der Waals surface area contributed by atoms with Crippen molar-refractivity contribution in [2.24, 2.45) is 11.3 Å². The summed E-state index contributed by atoms with van der Waals surface area (Å²) in [5.41, 5.74) is 1.57. The number of benzene rings is 1. The van der Waals surface area contributed by atoms with Gasteiger partial charge in [0.25, 0.3) is 5.56 Å². The number of carbonyl (C=O) groups excluding carboxylic acids is 1. The average molecular weight is 431 g/mol. The van der Waals surface area contributed by atoms with Crippen LogP contribution >= 0.6 is 22.9 Å². The molecule has 0 saturated heterocycles. The molecule has 152 valence electrons. The molecule has 4 rings (SSSR count). The van der Waals surface area contributed by atoms with Crippen molar-refractivity contribution in [3.63, 3.8) is 0 Å². The number of halogens is 1. The van der Waals surface area contributed by atoms with E-state index < -0.39 is 0 Å². The fourth-order valence-corrected chi connectivity index (χ4v) is 5.28. The zero-order chi connectivity index (χ0) is 20.8. The van der Waals surface area contributed by atoms with Gasteiger partial charge in [-0.15, -0.1) is 16.4 Å². The Morgan fingerprint density at radius 1 is 1.34 bits per heavy atom. The number of para-hydroxylation sites is 1. The molecule has 1 atom stereocenters. The number of carbonyl (C=O) groups is 1. The number of hydrogen-bond acceptors (Lipinski definition) is 5. The molecule has 1 aromatic carbocycles. The molecule has 1 aliphatic rings. The summed E-state index contributed by atoms with van der Waals surface area (Å²) in [7, 11) is 0. The maximum atomic E-state index is 13.1. The number of amides is 1. The Hall–Kier alpha value is -2.25. The minimum atomic E-state index is -0.370. The van der Waals surface area contributed by atoms with Crippen LogP contribution < -0.4 is 10.9 Å². The quantitative estimate of drug-likeness (QED) is 0.672. The smallest absolute Gasteiger partial charge is 0.279 e. The first-order valence-corrected chi connectivity index (χ1v) is 10.9. The summed E-state index contributed by atoms with van der Waals surface area (Å²) in [4.78, 5) is 27.4. The van der Waals surface area contributed by atoms with E-state index in [-0.39, 0.29) is 23.4 Å². The minimum Gasteiger partial charge on any atom is -0.323 e. The van der Waals surface area contributed by atoms with E-state index in [2.05, 4.69) is 36.4 Å². The lowest BCUT2D eigenvalue weighted by atomic mass is 9.72. The van der Waals surface area contributed by atoms with E-state index in [0.717, 1.165) is 29.5 Å². The molecule has 0 spiro atoms. The molecular formula is C21H23ClN4O2S. The third-order valence-corrected chi connectivity index (χ3v) is 7.07. The molecule has 0 bridgehead atoms. The molecular weight excluding hydrogens is 408 g/mol. The van der Waals surface area contributed by atoms with Crippen molar-refractivity contribution in [1.29, 1.82) is 0 Å². The van der Waals surface area contributed by atoms with Gasteiger partial charge in [-0.1, -0.05) is 49.7 Å². The van der Waals surface area contributed by atoms with Gasteiger partial charge in [0.2, 0.25) is 5.91 Å². The number of aromatic nitrogens is 3. The summed E-state index contributed by atoms with van der Waals surface area (Å²) in [5.74, 6) is 0.213. The second-order valence-corrected chi connectivity index (χ2v) is 10.1. The zero-order valence-electron chi connectivity index (χ0n) is 16.7. The third kappa shape index (κ3) is 3.94. The first-order chi connectivity index (χ1) is 13.7. The van der Waals surface area contributed by atoms with Gasteiger partial charge in [-0.3, -0.25) is 9.59 Å². The average Bonchev–Trinajstić information content (AvgIpc) is 3.03. The summed E-state index contributed by atoms with van der Waals surface area (Å²) in [5, 5.41) is 12.0. The molecule has 8 heteroatoms. The van der Waals surface area contributed by atoms with Gasteiger partial charge in [-0.05, 0) is 48.3 Å². The van der Waals surface area contributed by atoms with Gasteiger partial charge < -0.3 is 5.32 Å². The highest BCUT2D eigenvalue weighted by Crippen LogP contribution is 2.41. The van der Waals surface area contributed by atoms with Gasteiger partial charge in [-0.2, -0.15) is 0 Å². The van der Waals surface area contributed by atoms with E-state index in [1.165, 1.54) is 4.88 Å². The Morgan fingerprint density at radius 2 is 2.10 bits per heavy atom. The van der Waals surface area contributed by atoms with Gasteiger partial charge in [0.1, 0.15) is 6.54 Å². The monoisotopic (exact) mass is 430 g/mol. The molecule has 0 fully saturated rings. The van der Waals surface area contributed by atoms with Crippen molar-refractivity contribution in [3.05, 3.63) is 50.1 Å². The standard InChI is InChI=1S/C21H23ClN4O2S/c1-21(2,3)12-8-9-13-16(10-12)29-19-18(13)20(28)26(25-24-19)11-17(27)23-15-7-5-4-6-14(15)22/h4-7,12H,8-11H2,1-3H3,(H,23,27)/t12-/m1/s1. The highest BCUT2D eigenvalue weighted by atomic mass is 35.5. The van der Waals surface area contributed by atoms with Crippen LogP contribution in [0.25, 0.3) is 10.2 Å². The van der Waals surface area contributed by atoms with Crippen molar-refractivity contribution in [1.82, 2.24) is 15.0 Å². The Morgan fingerprint density at radius 3 is 2.83 bits per heavy atom. The lowest BCUT2D eigenvalue weighted by Gasteiger charge is -2.33. The molecule has 6 nitrogen and oxygen atoms in total. The van der Waals surface area contributed by atoms with Crippen LogP contribution in [0.5, 0.6) is 0 Å². The molecule has 0 unspecified atom stereocenters. The number of fused-ring (bicyclic) bond motifs is 3. The van der Waals surface area contributed by atoms with Crippen molar-refractivity contribution >= 4 is 44.7 Å². The predicted molar refractivity (Wildman–Crippen MR) is 117 cm³/mol. The largest absolute Gasteiger partial charge is 0.323 e. The number of hydrogen-bond donors (Lipinski definition) is 1. The van der Waals surface area contributed by atoms with Crippen molar-refractivity contribution < 1.29 is 4.79 Å². The van der Waals surface area contributed by atoms with E-state index >= 15 is 0 Å². The maximum absolute atomic E-state index is 13.1. The highest BCUT2D eigenvalue weighted by molar-refractivity contribution is 7.18. The SMILES string of the molecule is CC(C)(C)[C@@H]1CCc2c(sc3nnn(CC(=O)Nc4ccccc4Cl)c(=O)c23)C1. The zero-order valence-corrected chi connectivity index (χ0v) is 18.2. The van der Waals surface area contributed by atoms with Crippen LogP contribution in [-0.4, -0.2) is 20.9 Å². The van der Waals surface area contributed by atoms with Crippen molar-refractivity contribution in [2.45, 2.75) is 46.6 Å². The first-order valence-electron chi connectivity index (χ1n) is 9.66. The summed E-state index contributed by atoms with van der Waals surface area (Å²) >= 11 is 7.64. The van der Waals surface area contributed by atoms with Gasteiger partial charge >= 0.3 is 0 Å². The van der Waals surface area contributed by atoms with Crippen LogP contribution in [0.4, 0.5) is 5.69 Å². The highest BCUT2D eigenvalue weighted by Gasteiger charge is 2.32. The van der Waals surface area contributed by atoms with E-state index in [9.17, 15) is 9.59 Å². The molecule has 1 aliphatic carbocycles. The van der Waals surface area contributed by atoms with E-state index in [1.807, 2.05) is 0 Å². The van der Waals surface area contributed by atoms with Gasteiger partial charge in [0.15, 0.2) is 4.83 Å². The molecule has 1 N–H and O–H groups in total. The fraction of sp³-hybridized carbons (Fsp3) is 0.429. The Labute approximate surface area is 177 Å². The predicted octanol–water partition coefficient (Wildman–Crippen LogP) is 4.30. The van der Waals surface area contributed by atoms with E-state index in [1.54, 1.807) is 35.6 Å². The molecule has 1 amide bonds. The summed E-state index contributed by atoms with van der Waals surface area (Å²) in [6.07, 6.45) is 2.88. The lowest BCUT2D eigenvalue weighted by molar-refractivity contribution is -0.117. The third-order valence-electron chi connectivity index (χ3n) is 5.60. The van der Waals surface area contributed by atoms with Crippen molar-refractivity contribution in [3.8, 4) is 0 Å². The number of thiophene rings is 1. The summed E-state index contributed by atoms with van der Waals surface area (Å²) < 4.78 is 1.14. The van der Waals surface area contributed by atoms with Gasteiger partial charge in [0, 0.05) is 4.88 Å². The number of aryl methyl sites for hydroxylation is 1. The van der Waals surface area contributed by atoms with Crippen molar-refractivity contribution in [2.75, 3.05) is 5.32 Å². The Bertz CT molecular complexity index is 1150. The number of anilines is 1. The second-order valence-electron chi connectivity index (χ2n) is 8.57. The lowest BCUT2D eigenvalue weighted by Crippen LogP contribution is -2.31. The van der Waals surface area contributed by atoms with Crippen LogP contribution in [0.15, 0.2) is 29.1 Å². The Balaban J connectivity index is 1.61. The molecule has 0 aliphatic heterocycles. The first kappa shape index (κ1) is 20.0. The summed E-state index contributed by atoms with van der Waals surface area (Å²) in [6, 6.07) is 6.96. The number of nitrogens with zero attached hydrogens (tertiary/aromatic N) is 3. The van der Waals surface area contributed by atoms with Crippen LogP contribution in [0.2, 0.25) is 5.02 Å². The van der Waals surface area contributed by atoms with E-state index in [0.29, 0.717) is 26.8 Å². The van der Waals surface area contributed by atoms with Gasteiger partial charge in [0.05, 0.1) is 16.1 Å². The topological polar surface area (TPSA) is 76.9 Å². The Kier molecular flexibility index (Phi) is 5.21. The van der Waals surface area contributed by atoms with Crippen LogP contribution in [0, 0.1) is 11.3 Å². The molecule has 0 radical (unpaired) electrons. The van der Waals surface area contributed by atoms with Gasteiger partial charge in [-0.25, -0.2) is 4.68 Å². The maximum Gasteiger partial charge on any atom is 0.279 e. The molecule has 2 aromatic heterocycles. The number of nitrogens with one attached hydrogen (secondary N) is 1. The fourth-order valence-electron chi connectivity index (χ4n) is 3.86. The van der Waals surface area contributed by atoms with Crippen LogP contribution in [0.3, 0.4) is 0 Å². The van der Waals surface area contributed by atoms with E-state index in [4.69, 9.17) is 11.6 Å². The van der Waals surface area contributed by atoms with Crippen LogP contribution in [0.1, 0.15) is 37.6 Å². The molecule has 29 heavy (non-hydrogen) atoms. The summed E-state index contributed by atoms with van der Waals surface area (Å²) in [6.45, 7) is 6.59. The molecule has 0 saturated carbocycles. The van der Waals surface area contributed by atoms with Crippen LogP contribution in [-0.2, 0) is 24.2 Å². The molecule has 2 heterocycles.